The van der Waals surface area contributed by atoms with Crippen LogP contribution in [0.25, 0.3) is 17.0 Å². The molecule has 3 aromatic rings. The highest BCUT2D eigenvalue weighted by atomic mass is 32.2. The topological polar surface area (TPSA) is 103 Å². The molecule has 0 radical (unpaired) electrons. The maximum Gasteiger partial charge on any atom is 0.416 e. The van der Waals surface area contributed by atoms with Crippen LogP contribution in [0.5, 0.6) is 5.75 Å². The molecule has 2 aromatic carbocycles. The number of thioether (sulfide) groups is 1. The van der Waals surface area contributed by atoms with Gasteiger partial charge in [-0.15, -0.1) is 0 Å². The van der Waals surface area contributed by atoms with Crippen molar-refractivity contribution in [3.05, 3.63) is 64.2 Å². The van der Waals surface area contributed by atoms with Crippen LogP contribution in [0.2, 0.25) is 0 Å². The van der Waals surface area contributed by atoms with Crippen LogP contribution in [0.3, 0.4) is 0 Å². The second kappa shape index (κ2) is 9.60. The minimum absolute atomic E-state index is 0.00302. The largest absolute Gasteiger partial charge is 0.508 e. The number of aromatic nitrogens is 2. The van der Waals surface area contributed by atoms with Crippen LogP contribution in [-0.2, 0) is 17.5 Å². The molecular weight excluding hydrogens is 495 g/mol. The highest BCUT2D eigenvalue weighted by molar-refractivity contribution is 8.18. The van der Waals surface area contributed by atoms with Gasteiger partial charge in [0.25, 0.3) is 5.91 Å². The lowest BCUT2D eigenvalue weighted by molar-refractivity contribution is -0.138. The monoisotopic (exact) mass is 517 g/mol. The number of aliphatic hydroxyl groups excluding tert-OH is 1. The number of rotatable bonds is 4. The van der Waals surface area contributed by atoms with Crippen molar-refractivity contribution in [2.75, 3.05) is 26.2 Å². The Balaban J connectivity index is 1.35. The van der Waals surface area contributed by atoms with Crippen LogP contribution in [0.4, 0.5) is 13.2 Å². The fraction of sp³-hybridized carbons (Fsp3) is 0.292. The first-order valence-electron chi connectivity index (χ1n) is 11.2. The molecule has 1 aromatic heterocycles. The van der Waals surface area contributed by atoms with Gasteiger partial charge >= 0.3 is 6.18 Å². The number of aliphatic hydroxyl groups is 1. The fourth-order valence-corrected chi connectivity index (χ4v) is 5.20. The van der Waals surface area contributed by atoms with Crippen LogP contribution >= 0.6 is 11.8 Å². The number of phenolic OH excluding ortho intramolecular Hbond substituents is 1. The average Bonchev–Trinajstić information content (AvgIpc) is 3.42. The smallest absolute Gasteiger partial charge is 0.416 e. The Morgan fingerprint density at radius 2 is 2.06 bits per heavy atom. The van der Waals surface area contributed by atoms with E-state index in [1.165, 1.54) is 28.6 Å². The third kappa shape index (κ3) is 4.97. The highest BCUT2D eigenvalue weighted by Gasteiger charge is 2.34. The summed E-state index contributed by atoms with van der Waals surface area (Å²) in [6.45, 7) is 1.82. The summed E-state index contributed by atoms with van der Waals surface area (Å²) in [5.41, 5.74) is 0.459. The van der Waals surface area contributed by atoms with Gasteiger partial charge in [0.15, 0.2) is 5.17 Å². The molecule has 1 saturated heterocycles. The van der Waals surface area contributed by atoms with Gasteiger partial charge in [0.05, 0.1) is 35.3 Å². The molecule has 3 heterocycles. The van der Waals surface area contributed by atoms with E-state index in [-0.39, 0.29) is 30.7 Å². The van der Waals surface area contributed by atoms with Crippen molar-refractivity contribution in [2.24, 2.45) is 4.99 Å². The average molecular weight is 518 g/mol. The van der Waals surface area contributed by atoms with E-state index < -0.39 is 17.5 Å². The maximum absolute atomic E-state index is 13.4. The van der Waals surface area contributed by atoms with Crippen LogP contribution in [0, 0.1) is 0 Å². The summed E-state index contributed by atoms with van der Waals surface area (Å²) in [7, 11) is 0. The van der Waals surface area contributed by atoms with Crippen molar-refractivity contribution < 1.29 is 28.2 Å². The normalized spacial score (nSPS) is 19.9. The number of piperazine rings is 1. The number of benzene rings is 2. The Bertz CT molecular complexity index is 1390. The summed E-state index contributed by atoms with van der Waals surface area (Å²) < 4.78 is 41.8. The first-order valence-corrected chi connectivity index (χ1v) is 12.0. The number of fused-ring (bicyclic) bond motifs is 1. The van der Waals surface area contributed by atoms with Crippen LogP contribution in [-0.4, -0.2) is 68.3 Å². The standard InChI is InChI=1S/C24H22F3N5O3S/c25-24(26,27)19-9-18(34)3-2-15(19)11-32-20-4-1-14(7-16(20)10-29-32)8-21-22(35)30-23(36-21)31-6-5-28-17(12-31)13-33/h1-4,7-10,17,28,33-34H,5-6,11-13H2/b21-8+/t17-/m1/s1. The molecule has 0 bridgehead atoms. The van der Waals surface area contributed by atoms with Crippen molar-refractivity contribution in [2.45, 2.75) is 18.8 Å². The van der Waals surface area contributed by atoms with Crippen molar-refractivity contribution in [3.63, 3.8) is 0 Å². The van der Waals surface area contributed by atoms with E-state index in [0.717, 1.165) is 5.56 Å². The van der Waals surface area contributed by atoms with Gasteiger partial charge in [-0.2, -0.15) is 23.3 Å². The molecule has 0 aliphatic carbocycles. The minimum atomic E-state index is -4.60. The van der Waals surface area contributed by atoms with Crippen LogP contribution in [0.15, 0.2) is 52.5 Å². The molecule has 5 rings (SSSR count). The SMILES string of the molecule is O=C1N=C(N2CCN[C@@H](CO)C2)S/C1=C/c1ccc2c(cnn2Cc2ccc(O)cc2C(F)(F)F)c1. The van der Waals surface area contributed by atoms with Gasteiger partial charge in [-0.3, -0.25) is 9.48 Å². The van der Waals surface area contributed by atoms with Crippen molar-refractivity contribution in [1.82, 2.24) is 20.0 Å². The third-order valence-corrected chi connectivity index (χ3v) is 7.08. The number of amidine groups is 1. The number of hydrogen-bond acceptors (Lipinski definition) is 7. The molecule has 188 valence electrons. The number of halogens is 3. The lowest BCUT2D eigenvalue weighted by Gasteiger charge is -2.33. The summed E-state index contributed by atoms with van der Waals surface area (Å²) in [5, 5.41) is 27.7. The van der Waals surface area contributed by atoms with E-state index in [1.54, 1.807) is 24.4 Å². The van der Waals surface area contributed by atoms with E-state index in [9.17, 15) is 28.2 Å². The van der Waals surface area contributed by atoms with Gasteiger partial charge in [0, 0.05) is 31.1 Å². The number of hydrogen-bond donors (Lipinski definition) is 3. The van der Waals surface area contributed by atoms with Crippen LogP contribution in [0.1, 0.15) is 16.7 Å². The Labute approximate surface area is 208 Å². The summed E-state index contributed by atoms with van der Waals surface area (Å²) >= 11 is 1.28. The molecule has 0 spiro atoms. The van der Waals surface area contributed by atoms with Gasteiger partial charge in [0.1, 0.15) is 5.75 Å². The van der Waals surface area contributed by atoms with Gasteiger partial charge in [-0.05, 0) is 53.2 Å². The quantitative estimate of drug-likeness (QED) is 0.457. The molecule has 2 aliphatic rings. The molecule has 1 atom stereocenters. The molecule has 12 heteroatoms. The van der Waals surface area contributed by atoms with Crippen molar-refractivity contribution in [1.29, 1.82) is 0 Å². The highest BCUT2D eigenvalue weighted by Crippen LogP contribution is 2.35. The Morgan fingerprint density at radius 3 is 2.83 bits per heavy atom. The van der Waals surface area contributed by atoms with Gasteiger partial charge in [0.2, 0.25) is 0 Å². The second-order valence-corrected chi connectivity index (χ2v) is 9.56. The third-order valence-electron chi connectivity index (χ3n) is 6.04. The van der Waals surface area contributed by atoms with E-state index >= 15 is 0 Å². The van der Waals surface area contributed by atoms with E-state index in [1.807, 2.05) is 11.0 Å². The Kier molecular flexibility index (Phi) is 6.49. The summed E-state index contributed by atoms with van der Waals surface area (Å²) in [6.07, 6.45) is -1.31. The molecule has 0 saturated carbocycles. The predicted octanol–water partition coefficient (Wildman–Crippen LogP) is 3.05. The molecule has 3 N–H and O–H groups in total. The Hall–Kier alpha value is -3.35. The van der Waals surface area contributed by atoms with E-state index in [0.29, 0.717) is 46.7 Å². The number of carbonyl (C=O) groups is 1. The van der Waals surface area contributed by atoms with Crippen molar-refractivity contribution >= 4 is 39.8 Å². The predicted molar refractivity (Wildman–Crippen MR) is 130 cm³/mol. The molecule has 2 aliphatic heterocycles. The van der Waals surface area contributed by atoms with Gasteiger partial charge < -0.3 is 20.4 Å². The first-order chi connectivity index (χ1) is 17.2. The number of aliphatic imine (C=N–C) groups is 1. The number of nitrogens with zero attached hydrogens (tertiary/aromatic N) is 4. The fourth-order valence-electron chi connectivity index (χ4n) is 4.26. The van der Waals surface area contributed by atoms with Gasteiger partial charge in [-0.1, -0.05) is 12.1 Å². The lowest BCUT2D eigenvalue weighted by atomic mass is 10.1. The van der Waals surface area contributed by atoms with Gasteiger partial charge in [-0.25, -0.2) is 0 Å². The zero-order valence-electron chi connectivity index (χ0n) is 18.9. The number of carbonyl (C=O) groups excluding carboxylic acids is 1. The number of alkyl halides is 3. The van der Waals surface area contributed by atoms with Crippen molar-refractivity contribution in [3.8, 4) is 5.75 Å². The second-order valence-electron chi connectivity index (χ2n) is 8.55. The summed E-state index contributed by atoms with van der Waals surface area (Å²) in [4.78, 5) is 19.1. The zero-order chi connectivity index (χ0) is 25.4. The molecule has 8 nitrogen and oxygen atoms in total. The minimum Gasteiger partial charge on any atom is -0.508 e. The first kappa shape index (κ1) is 24.3. The molecule has 1 amide bonds. The summed E-state index contributed by atoms with van der Waals surface area (Å²) in [5.74, 6) is -0.789. The summed E-state index contributed by atoms with van der Waals surface area (Å²) in [6, 6.07) is 8.43. The maximum atomic E-state index is 13.4. The zero-order valence-corrected chi connectivity index (χ0v) is 19.7. The van der Waals surface area contributed by atoms with E-state index in [4.69, 9.17) is 0 Å². The van der Waals surface area contributed by atoms with Crippen LogP contribution < -0.4 is 5.32 Å². The molecule has 1 fully saturated rings. The molecule has 0 unspecified atom stereocenters. The number of nitrogens with one attached hydrogen (secondary N) is 1. The molecular formula is C24H22F3N5O3S. The molecule has 36 heavy (non-hydrogen) atoms. The lowest BCUT2D eigenvalue weighted by Crippen LogP contribution is -2.53. The Morgan fingerprint density at radius 1 is 1.22 bits per heavy atom. The number of amides is 1. The number of aromatic hydroxyl groups is 1. The van der Waals surface area contributed by atoms with E-state index in [2.05, 4.69) is 15.4 Å². The number of phenols is 1.